The van der Waals surface area contributed by atoms with Crippen LogP contribution in [0, 0.1) is 0 Å². The third kappa shape index (κ3) is 3.65. The van der Waals surface area contributed by atoms with E-state index in [4.69, 9.17) is 5.73 Å². The fourth-order valence-electron chi connectivity index (χ4n) is 2.69. The third-order valence-electron chi connectivity index (χ3n) is 3.91. The molecule has 0 unspecified atom stereocenters. The Morgan fingerprint density at radius 3 is 2.67 bits per heavy atom. The summed E-state index contributed by atoms with van der Waals surface area (Å²) in [6.45, 7) is 1.47. The average molecular weight is 326 g/mol. The highest BCUT2D eigenvalue weighted by Crippen LogP contribution is 2.17. The van der Waals surface area contributed by atoms with Gasteiger partial charge in [0.2, 0.25) is 0 Å². The predicted octanol–water partition coefficient (Wildman–Crippen LogP) is 0.369. The summed E-state index contributed by atoms with van der Waals surface area (Å²) >= 11 is 0. The topological polar surface area (TPSA) is 114 Å². The van der Waals surface area contributed by atoms with Crippen LogP contribution in [0.5, 0.6) is 0 Å². The molecule has 2 amide bonds. The fourth-order valence-corrected chi connectivity index (χ4v) is 2.69. The summed E-state index contributed by atoms with van der Waals surface area (Å²) in [5.41, 5.74) is 5.90. The lowest BCUT2D eigenvalue weighted by atomic mass is 10.1. The largest absolute Gasteiger partial charge is 0.364 e. The van der Waals surface area contributed by atoms with Crippen LogP contribution >= 0.6 is 0 Å². The average Bonchev–Trinajstić information content (AvgIpc) is 2.63. The van der Waals surface area contributed by atoms with Crippen LogP contribution in [0.3, 0.4) is 0 Å². The van der Waals surface area contributed by atoms with Crippen LogP contribution in [0.15, 0.2) is 36.9 Å². The predicted molar refractivity (Wildman–Crippen MR) is 87.5 cm³/mol. The van der Waals surface area contributed by atoms with Gasteiger partial charge in [-0.2, -0.15) is 0 Å². The van der Waals surface area contributed by atoms with E-state index in [1.165, 1.54) is 12.4 Å². The van der Waals surface area contributed by atoms with Crippen molar-refractivity contribution in [1.82, 2.24) is 20.3 Å². The number of carbonyl (C=O) groups excluding carboxylic acids is 2. The Bertz CT molecular complexity index is 719. The molecule has 0 saturated carbocycles. The van der Waals surface area contributed by atoms with Gasteiger partial charge < -0.3 is 16.0 Å². The van der Waals surface area contributed by atoms with E-state index in [-0.39, 0.29) is 17.6 Å². The van der Waals surface area contributed by atoms with Crippen LogP contribution in [-0.4, -0.2) is 45.9 Å². The summed E-state index contributed by atoms with van der Waals surface area (Å²) in [6, 6.07) is 3.39. The summed E-state index contributed by atoms with van der Waals surface area (Å²) in [5, 5.41) is 3.03. The molecule has 3 rings (SSSR count). The van der Waals surface area contributed by atoms with E-state index in [0.717, 1.165) is 19.4 Å². The quantitative estimate of drug-likeness (QED) is 0.839. The van der Waals surface area contributed by atoms with E-state index in [1.54, 1.807) is 24.5 Å². The van der Waals surface area contributed by atoms with Gasteiger partial charge in [0.05, 0.1) is 12.4 Å². The zero-order valence-electron chi connectivity index (χ0n) is 13.1. The van der Waals surface area contributed by atoms with Gasteiger partial charge in [-0.25, -0.2) is 9.97 Å². The molecule has 2 aromatic heterocycles. The van der Waals surface area contributed by atoms with E-state index < -0.39 is 5.91 Å². The molecule has 0 spiro atoms. The second-order valence-electron chi connectivity index (χ2n) is 5.62. The van der Waals surface area contributed by atoms with Crippen molar-refractivity contribution in [2.24, 2.45) is 5.73 Å². The lowest BCUT2D eigenvalue weighted by Gasteiger charge is -2.33. The number of amides is 2. The lowest BCUT2D eigenvalue weighted by Crippen LogP contribution is -2.48. The molecule has 0 aliphatic carbocycles. The second-order valence-corrected chi connectivity index (χ2v) is 5.62. The zero-order chi connectivity index (χ0) is 16.9. The molecular formula is C16H18N6O2. The Morgan fingerprint density at radius 2 is 2.00 bits per heavy atom. The van der Waals surface area contributed by atoms with E-state index in [2.05, 4.69) is 20.3 Å². The number of carbonyl (C=O) groups is 2. The molecule has 24 heavy (non-hydrogen) atoms. The van der Waals surface area contributed by atoms with Crippen molar-refractivity contribution in [2.75, 3.05) is 18.0 Å². The molecule has 0 bridgehead atoms. The molecule has 124 valence electrons. The molecule has 8 nitrogen and oxygen atoms in total. The van der Waals surface area contributed by atoms with Gasteiger partial charge in [0, 0.05) is 37.1 Å². The maximum Gasteiger partial charge on any atom is 0.268 e. The van der Waals surface area contributed by atoms with Crippen LogP contribution < -0.4 is 16.0 Å². The van der Waals surface area contributed by atoms with Crippen molar-refractivity contribution in [2.45, 2.75) is 18.9 Å². The zero-order valence-corrected chi connectivity index (χ0v) is 13.1. The molecule has 8 heteroatoms. The number of nitrogens with one attached hydrogen (secondary N) is 1. The molecule has 0 radical (unpaired) electrons. The number of nitrogens with two attached hydrogens (primary N) is 1. The van der Waals surface area contributed by atoms with Crippen LogP contribution in [0.25, 0.3) is 0 Å². The highest BCUT2D eigenvalue weighted by atomic mass is 16.2. The van der Waals surface area contributed by atoms with E-state index >= 15 is 0 Å². The van der Waals surface area contributed by atoms with E-state index in [0.29, 0.717) is 17.9 Å². The lowest BCUT2D eigenvalue weighted by molar-refractivity contribution is 0.0931. The Morgan fingerprint density at radius 1 is 1.21 bits per heavy atom. The summed E-state index contributed by atoms with van der Waals surface area (Å²) in [4.78, 5) is 37.5. The first-order chi connectivity index (χ1) is 11.6. The Balaban J connectivity index is 1.64. The smallest absolute Gasteiger partial charge is 0.268 e. The minimum absolute atomic E-state index is 0.0250. The van der Waals surface area contributed by atoms with Gasteiger partial charge in [-0.05, 0) is 25.0 Å². The van der Waals surface area contributed by atoms with Crippen LogP contribution in [-0.2, 0) is 0 Å². The second kappa shape index (κ2) is 7.03. The SMILES string of the molecule is NC(=O)c1cnc(N2CCC[C@@H](NC(=O)c3ccncc3)C2)cn1. The van der Waals surface area contributed by atoms with Crippen molar-refractivity contribution in [3.8, 4) is 0 Å². The molecule has 1 fully saturated rings. The fraction of sp³-hybridized carbons (Fsp3) is 0.312. The third-order valence-corrected chi connectivity index (χ3v) is 3.91. The number of hydrogen-bond acceptors (Lipinski definition) is 6. The monoisotopic (exact) mass is 326 g/mol. The van der Waals surface area contributed by atoms with Gasteiger partial charge in [-0.1, -0.05) is 0 Å². The first-order valence-corrected chi connectivity index (χ1v) is 7.71. The number of rotatable bonds is 4. The Kier molecular flexibility index (Phi) is 4.64. The summed E-state index contributed by atoms with van der Waals surface area (Å²) < 4.78 is 0. The Hall–Kier alpha value is -3.03. The van der Waals surface area contributed by atoms with Crippen molar-refractivity contribution < 1.29 is 9.59 Å². The Labute approximate surface area is 139 Å². The highest BCUT2D eigenvalue weighted by molar-refractivity contribution is 5.94. The van der Waals surface area contributed by atoms with Crippen molar-refractivity contribution in [3.05, 3.63) is 48.2 Å². The summed E-state index contributed by atoms with van der Waals surface area (Å²) in [7, 11) is 0. The molecule has 1 atom stereocenters. The normalized spacial score (nSPS) is 17.3. The summed E-state index contributed by atoms with van der Waals surface area (Å²) in [5.74, 6) is -0.0440. The summed E-state index contributed by atoms with van der Waals surface area (Å²) in [6.07, 6.45) is 7.93. The number of pyridine rings is 1. The van der Waals surface area contributed by atoms with Gasteiger partial charge >= 0.3 is 0 Å². The number of anilines is 1. The van der Waals surface area contributed by atoms with E-state index in [1.807, 2.05) is 4.90 Å². The van der Waals surface area contributed by atoms with Gasteiger partial charge in [-0.3, -0.25) is 14.6 Å². The first kappa shape index (κ1) is 15.9. The minimum atomic E-state index is -0.602. The molecule has 3 heterocycles. The van der Waals surface area contributed by atoms with Gasteiger partial charge in [0.1, 0.15) is 11.5 Å². The van der Waals surface area contributed by atoms with Crippen LogP contribution in [0.2, 0.25) is 0 Å². The highest BCUT2D eigenvalue weighted by Gasteiger charge is 2.23. The number of aromatic nitrogens is 3. The molecule has 1 saturated heterocycles. The first-order valence-electron chi connectivity index (χ1n) is 7.71. The van der Waals surface area contributed by atoms with Crippen molar-refractivity contribution in [3.63, 3.8) is 0 Å². The number of nitrogens with zero attached hydrogens (tertiary/aromatic N) is 4. The molecule has 0 aromatic carbocycles. The molecule has 2 aromatic rings. The minimum Gasteiger partial charge on any atom is -0.364 e. The number of hydrogen-bond donors (Lipinski definition) is 2. The molecular weight excluding hydrogens is 308 g/mol. The van der Waals surface area contributed by atoms with Crippen molar-refractivity contribution in [1.29, 1.82) is 0 Å². The van der Waals surface area contributed by atoms with Gasteiger partial charge in [-0.15, -0.1) is 0 Å². The van der Waals surface area contributed by atoms with E-state index in [9.17, 15) is 9.59 Å². The van der Waals surface area contributed by atoms with Crippen LogP contribution in [0.4, 0.5) is 5.82 Å². The molecule has 1 aliphatic rings. The maximum absolute atomic E-state index is 12.2. The van der Waals surface area contributed by atoms with Crippen molar-refractivity contribution >= 4 is 17.6 Å². The van der Waals surface area contributed by atoms with Crippen LogP contribution in [0.1, 0.15) is 33.7 Å². The molecule has 3 N–H and O–H groups in total. The maximum atomic E-state index is 12.2. The van der Waals surface area contributed by atoms with Gasteiger partial charge in [0.25, 0.3) is 11.8 Å². The number of piperidine rings is 1. The molecule has 1 aliphatic heterocycles. The number of primary amides is 1. The standard InChI is InChI=1S/C16H18N6O2/c17-15(23)13-8-20-14(9-19-13)22-7-1-2-12(10-22)21-16(24)11-3-5-18-6-4-11/h3-6,8-9,12H,1-2,7,10H2,(H2,17,23)(H,21,24)/t12-/m1/s1. The van der Waals surface area contributed by atoms with Gasteiger partial charge in [0.15, 0.2) is 0 Å².